The Morgan fingerprint density at radius 3 is 1.72 bits per heavy atom. The molecule has 0 amide bonds. The number of unbranched alkanes of at least 4 members (excludes halogenated alkanes) is 14. The van der Waals surface area contributed by atoms with Crippen molar-refractivity contribution in [1.82, 2.24) is 0 Å². The van der Waals surface area contributed by atoms with Crippen LogP contribution in [0.15, 0.2) is 11.6 Å². The number of hydrogen-bond acceptors (Lipinski definition) is 9. The van der Waals surface area contributed by atoms with Gasteiger partial charge in [0.1, 0.15) is 30.5 Å². The Hall–Kier alpha value is -1.07. The van der Waals surface area contributed by atoms with Crippen molar-refractivity contribution in [2.75, 3.05) is 19.8 Å². The van der Waals surface area contributed by atoms with E-state index in [-0.39, 0.29) is 12.1 Å². The molecule has 0 saturated heterocycles. The number of carbonyl (C=O) groups is 1. The van der Waals surface area contributed by atoms with Crippen molar-refractivity contribution in [2.24, 2.45) is 46.3 Å². The topological polar surface area (TPSA) is 168 Å². The van der Waals surface area contributed by atoms with E-state index >= 15 is 0 Å². The molecule has 4 unspecified atom stereocenters. The van der Waals surface area contributed by atoms with Crippen LogP contribution < -0.4 is 0 Å². The Kier molecular flexibility index (Phi) is 24.8. The summed E-state index contributed by atoms with van der Waals surface area (Å²) in [6.45, 7) is 11.5. The first-order chi connectivity index (χ1) is 28.7. The molecular formula is C51H94O9. The standard InChI is InChI=1S/C45H80O3.C6H14O6/c1-35(2)22-21-23-36(3)40-27-28-41-39-26-25-37-34-38(29-31-44(37,4)42(39)30-32-45(40,41)5)48-43(47)24-19-17-15-13-11-9-7-6-8-10-12-14-16-18-20-33-46;7-1-3(9)5(11)6(12)4(10)2-8/h25,35-36,38-42,46H,6-24,26-34H2,1-5H3;3-12H,1-2H2/t36-,38?,39?,40-,41?,42?,44+,45-;3-,4+,5-,6-/m11/s1. The quantitative estimate of drug-likeness (QED) is 0.0230. The molecule has 0 aromatic carbocycles. The fraction of sp³-hybridized carbons (Fsp3) is 0.941. The smallest absolute Gasteiger partial charge is 0.306 e. The molecule has 60 heavy (non-hydrogen) atoms. The number of rotatable bonds is 28. The van der Waals surface area contributed by atoms with Gasteiger partial charge in [-0.3, -0.25) is 4.79 Å². The molecule has 0 bridgehead atoms. The molecule has 352 valence electrons. The minimum Gasteiger partial charge on any atom is -0.462 e. The van der Waals surface area contributed by atoms with Gasteiger partial charge in [0.25, 0.3) is 0 Å². The predicted octanol–water partition coefficient (Wildman–Crippen LogP) is 9.59. The Morgan fingerprint density at radius 1 is 0.667 bits per heavy atom. The van der Waals surface area contributed by atoms with Crippen molar-refractivity contribution in [3.63, 3.8) is 0 Å². The summed E-state index contributed by atoms with van der Waals surface area (Å²) < 4.78 is 6.13. The number of esters is 1. The molecule has 0 aromatic rings. The molecular weight excluding hydrogens is 757 g/mol. The normalized spacial score (nSPS) is 29.9. The highest BCUT2D eigenvalue weighted by Gasteiger charge is 2.59. The van der Waals surface area contributed by atoms with Gasteiger partial charge < -0.3 is 40.5 Å². The monoisotopic (exact) mass is 851 g/mol. The maximum atomic E-state index is 12.8. The van der Waals surface area contributed by atoms with Crippen molar-refractivity contribution in [3.05, 3.63) is 11.6 Å². The van der Waals surface area contributed by atoms with Gasteiger partial charge in [-0.1, -0.05) is 149 Å². The van der Waals surface area contributed by atoms with Crippen LogP contribution in [0.4, 0.5) is 0 Å². The van der Waals surface area contributed by atoms with Gasteiger partial charge in [-0.2, -0.15) is 0 Å². The predicted molar refractivity (Wildman–Crippen MR) is 242 cm³/mol. The number of carbonyl (C=O) groups excluding carboxylic acids is 1. The van der Waals surface area contributed by atoms with Crippen molar-refractivity contribution in [3.8, 4) is 0 Å². The summed E-state index contributed by atoms with van der Waals surface area (Å²) in [4.78, 5) is 12.8. The second-order valence-corrected chi connectivity index (χ2v) is 20.9. The Balaban J connectivity index is 0.000000694. The average molecular weight is 851 g/mol. The van der Waals surface area contributed by atoms with E-state index in [2.05, 4.69) is 40.7 Å². The molecule has 4 aliphatic rings. The van der Waals surface area contributed by atoms with E-state index in [0.29, 0.717) is 23.9 Å². The first-order valence-electron chi connectivity index (χ1n) is 25.2. The molecule has 4 rings (SSSR count). The molecule has 9 heteroatoms. The summed E-state index contributed by atoms with van der Waals surface area (Å²) >= 11 is 0. The van der Waals surface area contributed by atoms with Crippen LogP contribution in [0.1, 0.15) is 208 Å². The lowest BCUT2D eigenvalue weighted by Gasteiger charge is -2.58. The van der Waals surface area contributed by atoms with E-state index < -0.39 is 37.6 Å². The van der Waals surface area contributed by atoms with Crippen LogP contribution in [-0.2, 0) is 9.53 Å². The van der Waals surface area contributed by atoms with E-state index in [1.807, 2.05) is 0 Å². The maximum absolute atomic E-state index is 12.8. The molecule has 0 heterocycles. The number of ether oxygens (including phenoxy) is 1. The fourth-order valence-electron chi connectivity index (χ4n) is 12.3. The van der Waals surface area contributed by atoms with E-state index in [9.17, 15) is 4.79 Å². The minimum absolute atomic E-state index is 0.0548. The number of aliphatic hydroxyl groups excluding tert-OH is 7. The van der Waals surface area contributed by atoms with Crippen LogP contribution in [0.5, 0.6) is 0 Å². The number of fused-ring (bicyclic) bond motifs is 5. The molecule has 3 saturated carbocycles. The lowest BCUT2D eigenvalue weighted by molar-refractivity contribution is -0.151. The zero-order valence-corrected chi connectivity index (χ0v) is 39.1. The summed E-state index contributed by atoms with van der Waals surface area (Å²) in [6, 6.07) is 0. The highest BCUT2D eigenvalue weighted by atomic mass is 16.5. The third-order valence-corrected chi connectivity index (χ3v) is 16.1. The van der Waals surface area contributed by atoms with Crippen LogP contribution >= 0.6 is 0 Å². The van der Waals surface area contributed by atoms with Crippen LogP contribution in [-0.4, -0.2) is 92.1 Å². The Morgan fingerprint density at radius 2 is 1.20 bits per heavy atom. The highest BCUT2D eigenvalue weighted by Crippen LogP contribution is 2.67. The van der Waals surface area contributed by atoms with Gasteiger partial charge in [0, 0.05) is 19.4 Å². The van der Waals surface area contributed by atoms with E-state index in [0.717, 1.165) is 61.2 Å². The minimum atomic E-state index is -1.67. The highest BCUT2D eigenvalue weighted by molar-refractivity contribution is 5.69. The van der Waals surface area contributed by atoms with Crippen LogP contribution in [0.25, 0.3) is 0 Å². The van der Waals surface area contributed by atoms with Crippen molar-refractivity contribution in [2.45, 2.75) is 239 Å². The summed E-state index contributed by atoms with van der Waals surface area (Å²) in [7, 11) is 0. The molecule has 7 N–H and O–H groups in total. The van der Waals surface area contributed by atoms with Crippen molar-refractivity contribution < 1.29 is 45.3 Å². The largest absolute Gasteiger partial charge is 0.462 e. The molecule has 4 aliphatic carbocycles. The molecule has 12 atom stereocenters. The molecule has 0 spiro atoms. The van der Waals surface area contributed by atoms with Gasteiger partial charge in [-0.15, -0.1) is 0 Å². The van der Waals surface area contributed by atoms with E-state index in [4.69, 9.17) is 40.5 Å². The first-order valence-corrected chi connectivity index (χ1v) is 25.2. The van der Waals surface area contributed by atoms with Gasteiger partial charge in [0.05, 0.1) is 13.2 Å². The van der Waals surface area contributed by atoms with Gasteiger partial charge >= 0.3 is 5.97 Å². The Labute approximate surface area is 366 Å². The van der Waals surface area contributed by atoms with Gasteiger partial charge in [0.2, 0.25) is 0 Å². The molecule has 0 aromatic heterocycles. The van der Waals surface area contributed by atoms with E-state index in [1.165, 1.54) is 141 Å². The van der Waals surface area contributed by atoms with Gasteiger partial charge in [0.15, 0.2) is 0 Å². The summed E-state index contributed by atoms with van der Waals surface area (Å²) in [5, 5.41) is 61.0. The molecule has 9 nitrogen and oxygen atoms in total. The number of allylic oxidation sites excluding steroid dienone is 1. The van der Waals surface area contributed by atoms with Crippen LogP contribution in [0.2, 0.25) is 0 Å². The lowest BCUT2D eigenvalue weighted by Crippen LogP contribution is -2.51. The summed E-state index contributed by atoms with van der Waals surface area (Å²) in [6.07, 6.45) is 30.7. The van der Waals surface area contributed by atoms with Crippen LogP contribution in [0, 0.1) is 46.3 Å². The maximum Gasteiger partial charge on any atom is 0.306 e. The number of aliphatic hydroxyl groups is 7. The SMILES string of the molecule is CC(C)CCC[C@@H](C)[C@H]1CCC2C3CC=C4CC(OC(=O)CCCCCCCCCCCCCCCCCO)CC[C@]4(C)C3CC[C@@]21C.OC[C@@H](O)[C@@H](O)[C@H](O)[C@@H](O)CO. The average Bonchev–Trinajstić information content (AvgIpc) is 3.59. The van der Waals surface area contributed by atoms with Crippen molar-refractivity contribution in [1.29, 1.82) is 0 Å². The molecule has 0 aliphatic heterocycles. The molecule has 0 radical (unpaired) electrons. The summed E-state index contributed by atoms with van der Waals surface area (Å²) in [5.41, 5.74) is 2.52. The van der Waals surface area contributed by atoms with Crippen molar-refractivity contribution >= 4 is 5.97 Å². The Bertz CT molecular complexity index is 1180. The number of hydrogen-bond donors (Lipinski definition) is 7. The third kappa shape index (κ3) is 16.2. The fourth-order valence-corrected chi connectivity index (χ4v) is 12.3. The van der Waals surface area contributed by atoms with Crippen LogP contribution in [0.3, 0.4) is 0 Å². The zero-order chi connectivity index (χ0) is 44.1. The summed E-state index contributed by atoms with van der Waals surface area (Å²) in [5.74, 6) is 5.30. The first kappa shape index (κ1) is 53.3. The zero-order valence-electron chi connectivity index (χ0n) is 39.1. The van der Waals surface area contributed by atoms with Gasteiger partial charge in [-0.05, 0) is 104 Å². The van der Waals surface area contributed by atoms with E-state index in [1.54, 1.807) is 5.57 Å². The molecule has 3 fully saturated rings. The second-order valence-electron chi connectivity index (χ2n) is 20.9. The second kappa shape index (κ2) is 28.0. The lowest BCUT2D eigenvalue weighted by atomic mass is 9.47. The van der Waals surface area contributed by atoms with Gasteiger partial charge in [-0.25, -0.2) is 0 Å². The third-order valence-electron chi connectivity index (χ3n) is 16.1.